The number of carbonyl (C=O) groups excluding carboxylic acids is 2. The van der Waals surface area contributed by atoms with Crippen LogP contribution in [0.25, 0.3) is 11.4 Å². The lowest BCUT2D eigenvalue weighted by atomic mass is 9.73. The van der Waals surface area contributed by atoms with Crippen LogP contribution in [0.4, 0.5) is 11.1 Å². The summed E-state index contributed by atoms with van der Waals surface area (Å²) in [6.45, 7) is 9.82. The number of aryl methyl sites for hydroxylation is 1. The monoisotopic (exact) mass is 549 g/mol. The molecule has 3 aromatic heterocycles. The molecule has 2 saturated heterocycles. The molecular formula is C27H35N9O2S. The van der Waals surface area contributed by atoms with E-state index in [1.807, 2.05) is 11.8 Å². The van der Waals surface area contributed by atoms with Crippen molar-refractivity contribution in [2.45, 2.75) is 70.8 Å². The summed E-state index contributed by atoms with van der Waals surface area (Å²) in [4.78, 5) is 44.9. The average molecular weight is 550 g/mol. The van der Waals surface area contributed by atoms with Crippen LogP contribution in [0.2, 0.25) is 0 Å². The van der Waals surface area contributed by atoms with Crippen LogP contribution in [0.1, 0.15) is 82.9 Å². The van der Waals surface area contributed by atoms with Gasteiger partial charge in [-0.2, -0.15) is 5.10 Å². The fraction of sp³-hybridized carbons (Fsp3) is 0.556. The number of nitrogens with one attached hydrogen (secondary N) is 2. The number of fused-ring (bicyclic) bond motifs is 3. The van der Waals surface area contributed by atoms with Crippen LogP contribution in [0.3, 0.4) is 0 Å². The number of hydrogen-bond acceptors (Lipinski definition) is 9. The van der Waals surface area contributed by atoms with E-state index in [0.717, 1.165) is 37.1 Å². The van der Waals surface area contributed by atoms with Gasteiger partial charge in [0.15, 0.2) is 10.8 Å². The summed E-state index contributed by atoms with van der Waals surface area (Å²) in [7, 11) is 0. The molecule has 0 unspecified atom stereocenters. The van der Waals surface area contributed by atoms with E-state index >= 15 is 0 Å². The van der Waals surface area contributed by atoms with Gasteiger partial charge in [0.25, 0.3) is 11.8 Å². The second-order valence-electron chi connectivity index (χ2n) is 11.5. The summed E-state index contributed by atoms with van der Waals surface area (Å²) >= 11 is 1.22. The normalized spacial score (nSPS) is 19.4. The van der Waals surface area contributed by atoms with Gasteiger partial charge in [-0.25, -0.2) is 15.0 Å². The number of amides is 2. The van der Waals surface area contributed by atoms with E-state index in [1.165, 1.54) is 43.7 Å². The molecule has 1 aliphatic carbocycles. The van der Waals surface area contributed by atoms with E-state index in [1.54, 1.807) is 6.20 Å². The Morgan fingerprint density at radius 3 is 2.62 bits per heavy atom. The van der Waals surface area contributed by atoms with Gasteiger partial charge >= 0.3 is 0 Å². The summed E-state index contributed by atoms with van der Waals surface area (Å²) in [6, 6.07) is 0.575. The van der Waals surface area contributed by atoms with Crippen LogP contribution in [0, 0.1) is 6.92 Å². The fourth-order valence-corrected chi connectivity index (χ4v) is 7.26. The lowest BCUT2D eigenvalue weighted by molar-refractivity contribution is 0.0593. The van der Waals surface area contributed by atoms with E-state index in [2.05, 4.69) is 49.2 Å². The molecule has 0 radical (unpaired) electrons. The van der Waals surface area contributed by atoms with Gasteiger partial charge < -0.3 is 15.5 Å². The van der Waals surface area contributed by atoms with Gasteiger partial charge in [0.05, 0.1) is 17.1 Å². The number of carbonyl (C=O) groups is 2. The Bertz CT molecular complexity index is 1410. The minimum atomic E-state index is -0.374. The van der Waals surface area contributed by atoms with Crippen LogP contribution in [0.15, 0.2) is 6.20 Å². The highest BCUT2D eigenvalue weighted by Crippen LogP contribution is 2.43. The van der Waals surface area contributed by atoms with Crippen LogP contribution >= 0.6 is 11.3 Å². The molecule has 2 fully saturated rings. The zero-order valence-corrected chi connectivity index (χ0v) is 23.5. The van der Waals surface area contributed by atoms with Crippen LogP contribution < -0.4 is 11.1 Å². The number of nitrogen functional groups attached to an aromatic ring is 1. The van der Waals surface area contributed by atoms with E-state index in [-0.39, 0.29) is 23.2 Å². The fourth-order valence-electron chi connectivity index (χ4n) is 6.33. The number of aromatic amines is 1. The van der Waals surface area contributed by atoms with E-state index in [0.29, 0.717) is 45.2 Å². The molecule has 6 rings (SSSR count). The minimum Gasteiger partial charge on any atom is -0.368 e. The number of anilines is 2. The highest BCUT2D eigenvalue weighted by atomic mass is 32.1. The number of rotatable bonds is 4. The predicted octanol–water partition coefficient (Wildman–Crippen LogP) is 3.39. The van der Waals surface area contributed by atoms with Gasteiger partial charge in [0, 0.05) is 30.9 Å². The minimum absolute atomic E-state index is 0.00486. The summed E-state index contributed by atoms with van der Waals surface area (Å²) in [6.07, 6.45) is 8.29. The topological polar surface area (TPSA) is 146 Å². The van der Waals surface area contributed by atoms with Crippen molar-refractivity contribution in [2.75, 3.05) is 37.2 Å². The Morgan fingerprint density at radius 2 is 1.87 bits per heavy atom. The van der Waals surface area contributed by atoms with Crippen molar-refractivity contribution in [2.24, 2.45) is 0 Å². The van der Waals surface area contributed by atoms with Crippen LogP contribution in [-0.4, -0.2) is 79.0 Å². The smallest absolute Gasteiger partial charge is 0.278 e. The second kappa shape index (κ2) is 9.98. The maximum Gasteiger partial charge on any atom is 0.278 e. The molecule has 39 heavy (non-hydrogen) atoms. The molecule has 2 aliphatic heterocycles. The van der Waals surface area contributed by atoms with Crippen molar-refractivity contribution in [3.05, 3.63) is 33.6 Å². The Kier molecular flexibility index (Phi) is 6.62. The summed E-state index contributed by atoms with van der Waals surface area (Å²) in [5.41, 5.74) is 9.47. The van der Waals surface area contributed by atoms with Gasteiger partial charge in [0.1, 0.15) is 4.88 Å². The summed E-state index contributed by atoms with van der Waals surface area (Å²) < 4.78 is 0. The third kappa shape index (κ3) is 4.80. The number of piperidine rings is 2. The molecule has 0 atom stereocenters. The number of aromatic nitrogens is 5. The lowest BCUT2D eigenvalue weighted by Gasteiger charge is -2.40. The standard InChI is InChI=1S/C27H35N9O2S/c1-15-22(24(38)36-11-7-17(8-12-36)35-9-5-4-6-10-35)39-26(30-15)32-23(37)21-18-20(33-34-21)19-16(13-27(18,2)3)14-29-25(28)31-19/h14,17H,4-13H2,1-3H3,(H,33,34)(H2,28,29,31)(H,30,32,37). The first-order chi connectivity index (χ1) is 18.7. The van der Waals surface area contributed by atoms with Crippen molar-refractivity contribution >= 4 is 34.2 Å². The van der Waals surface area contributed by atoms with Crippen LogP contribution in [-0.2, 0) is 11.8 Å². The van der Waals surface area contributed by atoms with Gasteiger partial charge in [-0.05, 0) is 63.1 Å². The molecule has 0 saturated carbocycles. The highest BCUT2D eigenvalue weighted by Gasteiger charge is 2.39. The number of H-pyrrole nitrogens is 1. The number of nitrogens with zero attached hydrogens (tertiary/aromatic N) is 6. The first kappa shape index (κ1) is 25.9. The maximum absolute atomic E-state index is 13.4. The van der Waals surface area contributed by atoms with E-state index < -0.39 is 0 Å². The molecule has 3 aliphatic rings. The van der Waals surface area contributed by atoms with Crippen molar-refractivity contribution in [3.8, 4) is 11.4 Å². The Balaban J connectivity index is 1.16. The molecule has 3 aromatic rings. The quantitative estimate of drug-likeness (QED) is 0.449. The lowest BCUT2D eigenvalue weighted by Crippen LogP contribution is -2.48. The van der Waals surface area contributed by atoms with Gasteiger partial charge in [-0.3, -0.25) is 20.0 Å². The summed E-state index contributed by atoms with van der Waals surface area (Å²) in [5, 5.41) is 10.6. The third-order valence-electron chi connectivity index (χ3n) is 8.28. The SMILES string of the molecule is Cc1nc(NC(=O)c2n[nH]c3c2C(C)(C)Cc2cnc(N)nc2-3)sc1C(=O)N1CCC(N2CCCCC2)CC1. The average Bonchev–Trinajstić information content (AvgIpc) is 3.54. The molecular weight excluding hydrogens is 514 g/mol. The Hall–Kier alpha value is -3.38. The van der Waals surface area contributed by atoms with E-state index in [9.17, 15) is 9.59 Å². The number of nitrogens with two attached hydrogens (primary N) is 1. The van der Waals surface area contributed by atoms with Crippen LogP contribution in [0.5, 0.6) is 0 Å². The first-order valence-electron chi connectivity index (χ1n) is 13.7. The molecule has 5 heterocycles. The molecule has 2 amide bonds. The number of likely N-dealkylation sites (tertiary alicyclic amines) is 2. The van der Waals surface area contributed by atoms with Gasteiger partial charge in [0.2, 0.25) is 5.95 Å². The maximum atomic E-state index is 13.4. The largest absolute Gasteiger partial charge is 0.368 e. The Morgan fingerprint density at radius 1 is 1.13 bits per heavy atom. The Labute approximate surface area is 231 Å². The van der Waals surface area contributed by atoms with Gasteiger partial charge in [-0.1, -0.05) is 31.6 Å². The molecule has 4 N–H and O–H groups in total. The number of thiazole rings is 1. The first-order valence-corrected chi connectivity index (χ1v) is 14.6. The van der Waals surface area contributed by atoms with Crippen molar-refractivity contribution in [1.82, 2.24) is 34.9 Å². The second-order valence-corrected chi connectivity index (χ2v) is 12.5. The predicted molar refractivity (Wildman–Crippen MR) is 150 cm³/mol. The van der Waals surface area contributed by atoms with Crippen molar-refractivity contribution < 1.29 is 9.59 Å². The highest BCUT2D eigenvalue weighted by molar-refractivity contribution is 7.17. The molecule has 206 valence electrons. The van der Waals surface area contributed by atoms with Crippen molar-refractivity contribution in [3.63, 3.8) is 0 Å². The summed E-state index contributed by atoms with van der Waals surface area (Å²) in [5.74, 6) is -0.206. The molecule has 0 bridgehead atoms. The van der Waals surface area contributed by atoms with Crippen molar-refractivity contribution in [1.29, 1.82) is 0 Å². The number of hydrogen-bond donors (Lipinski definition) is 3. The van der Waals surface area contributed by atoms with Gasteiger partial charge in [-0.15, -0.1) is 0 Å². The molecule has 12 heteroatoms. The molecule has 11 nitrogen and oxygen atoms in total. The molecule has 0 spiro atoms. The molecule has 0 aromatic carbocycles. The zero-order chi connectivity index (χ0) is 27.3. The third-order valence-corrected chi connectivity index (χ3v) is 9.34. The zero-order valence-electron chi connectivity index (χ0n) is 22.7. The van der Waals surface area contributed by atoms with E-state index in [4.69, 9.17) is 5.73 Å².